The van der Waals surface area contributed by atoms with Gasteiger partial charge in [-0.15, -0.1) is 0 Å². The molecule has 1 unspecified atom stereocenters. The molecule has 0 bridgehead atoms. The lowest BCUT2D eigenvalue weighted by atomic mass is 10.1. The maximum absolute atomic E-state index is 5.49. The smallest absolute Gasteiger partial charge is 0.0749 e. The van der Waals surface area contributed by atoms with Crippen molar-refractivity contribution in [2.24, 2.45) is 5.92 Å². The standard InChI is InChI=1S/C14H30N2O/c1-13(2,3)15-9-12-7-8-16(10-12)11-14(4,5)17-6/h12,15H,7-11H2,1-6H3. The van der Waals surface area contributed by atoms with E-state index in [9.17, 15) is 0 Å². The topological polar surface area (TPSA) is 24.5 Å². The van der Waals surface area contributed by atoms with E-state index in [4.69, 9.17) is 4.74 Å². The van der Waals surface area contributed by atoms with Crippen LogP contribution in [-0.4, -0.2) is 49.3 Å². The normalized spacial score (nSPS) is 23.3. The SMILES string of the molecule is COC(C)(C)CN1CCC(CNC(C)(C)C)C1. The third-order valence-electron chi connectivity index (χ3n) is 3.45. The molecule has 0 aromatic heterocycles. The molecular formula is C14H30N2O. The minimum atomic E-state index is -0.0215. The quantitative estimate of drug-likeness (QED) is 0.799. The number of nitrogens with zero attached hydrogens (tertiary/aromatic N) is 1. The van der Waals surface area contributed by atoms with Crippen LogP contribution >= 0.6 is 0 Å². The van der Waals surface area contributed by atoms with Gasteiger partial charge in [-0.1, -0.05) is 0 Å². The second-order valence-electron chi connectivity index (χ2n) is 6.98. The van der Waals surface area contributed by atoms with Crippen molar-refractivity contribution in [2.75, 3.05) is 33.3 Å². The molecule has 3 heteroatoms. The molecule has 1 heterocycles. The third-order valence-corrected chi connectivity index (χ3v) is 3.45. The van der Waals surface area contributed by atoms with Crippen molar-refractivity contribution in [3.8, 4) is 0 Å². The van der Waals surface area contributed by atoms with Crippen LogP contribution in [0.3, 0.4) is 0 Å². The highest BCUT2D eigenvalue weighted by atomic mass is 16.5. The van der Waals surface area contributed by atoms with Gasteiger partial charge < -0.3 is 15.0 Å². The van der Waals surface area contributed by atoms with E-state index in [1.807, 2.05) is 0 Å². The molecule has 17 heavy (non-hydrogen) atoms. The van der Waals surface area contributed by atoms with Crippen molar-refractivity contribution in [3.05, 3.63) is 0 Å². The predicted molar refractivity (Wildman–Crippen MR) is 73.4 cm³/mol. The minimum Gasteiger partial charge on any atom is -0.377 e. The number of hydrogen-bond acceptors (Lipinski definition) is 3. The van der Waals surface area contributed by atoms with E-state index in [0.717, 1.165) is 19.0 Å². The van der Waals surface area contributed by atoms with Gasteiger partial charge in [0.25, 0.3) is 0 Å². The molecule has 0 saturated carbocycles. The molecule has 1 fully saturated rings. The van der Waals surface area contributed by atoms with Crippen LogP contribution < -0.4 is 5.32 Å². The summed E-state index contributed by atoms with van der Waals surface area (Å²) in [7, 11) is 1.80. The highest BCUT2D eigenvalue weighted by Gasteiger charge is 2.28. The van der Waals surface area contributed by atoms with Gasteiger partial charge in [-0.2, -0.15) is 0 Å². The molecule has 1 saturated heterocycles. The summed E-state index contributed by atoms with van der Waals surface area (Å²) in [5.74, 6) is 0.793. The molecule has 1 atom stereocenters. The van der Waals surface area contributed by atoms with Crippen molar-refractivity contribution in [1.82, 2.24) is 10.2 Å². The molecule has 1 aliphatic heterocycles. The lowest BCUT2D eigenvalue weighted by Gasteiger charge is -2.29. The van der Waals surface area contributed by atoms with E-state index in [1.165, 1.54) is 19.5 Å². The van der Waals surface area contributed by atoms with Crippen LogP contribution in [0.4, 0.5) is 0 Å². The van der Waals surface area contributed by atoms with Gasteiger partial charge in [-0.25, -0.2) is 0 Å². The van der Waals surface area contributed by atoms with Crippen LogP contribution in [0.2, 0.25) is 0 Å². The highest BCUT2D eigenvalue weighted by Crippen LogP contribution is 2.20. The summed E-state index contributed by atoms with van der Waals surface area (Å²) in [5.41, 5.74) is 0.214. The molecule has 102 valence electrons. The third kappa shape index (κ3) is 5.84. The Kier molecular flexibility index (Phi) is 4.99. The van der Waals surface area contributed by atoms with Gasteiger partial charge in [0.15, 0.2) is 0 Å². The Labute approximate surface area is 107 Å². The van der Waals surface area contributed by atoms with Crippen molar-refractivity contribution in [2.45, 2.75) is 52.2 Å². The largest absolute Gasteiger partial charge is 0.377 e. The maximum atomic E-state index is 5.49. The van der Waals surface area contributed by atoms with E-state index in [1.54, 1.807) is 7.11 Å². The van der Waals surface area contributed by atoms with E-state index in [-0.39, 0.29) is 11.1 Å². The molecule has 0 amide bonds. The molecule has 0 radical (unpaired) electrons. The summed E-state index contributed by atoms with van der Waals surface area (Å²) >= 11 is 0. The fraction of sp³-hybridized carbons (Fsp3) is 1.00. The summed E-state index contributed by atoms with van der Waals surface area (Å²) in [4.78, 5) is 2.53. The lowest BCUT2D eigenvalue weighted by molar-refractivity contribution is -0.00322. The first-order chi connectivity index (χ1) is 7.72. The van der Waals surface area contributed by atoms with Crippen molar-refractivity contribution < 1.29 is 4.74 Å². The van der Waals surface area contributed by atoms with Gasteiger partial charge in [-0.3, -0.25) is 0 Å². The molecule has 0 aliphatic carbocycles. The zero-order chi connectivity index (χ0) is 13.1. The Morgan fingerprint density at radius 3 is 2.41 bits per heavy atom. The number of nitrogens with one attached hydrogen (secondary N) is 1. The maximum Gasteiger partial charge on any atom is 0.0749 e. The van der Waals surface area contributed by atoms with Crippen LogP contribution in [-0.2, 0) is 4.74 Å². The first-order valence-corrected chi connectivity index (χ1v) is 6.74. The monoisotopic (exact) mass is 242 g/mol. The molecule has 0 aromatic rings. The lowest BCUT2D eigenvalue weighted by Crippen LogP contribution is -2.41. The van der Waals surface area contributed by atoms with E-state index < -0.39 is 0 Å². The first kappa shape index (κ1) is 14.9. The van der Waals surface area contributed by atoms with Crippen molar-refractivity contribution in [3.63, 3.8) is 0 Å². The Balaban J connectivity index is 2.28. The summed E-state index contributed by atoms with van der Waals surface area (Å²) in [6.07, 6.45) is 1.31. The van der Waals surface area contributed by atoms with Gasteiger partial charge in [-0.05, 0) is 60.0 Å². The zero-order valence-corrected chi connectivity index (χ0v) is 12.5. The Bertz CT molecular complexity index is 233. The summed E-state index contributed by atoms with van der Waals surface area (Å²) in [6.45, 7) is 15.6. The van der Waals surface area contributed by atoms with E-state index >= 15 is 0 Å². The van der Waals surface area contributed by atoms with Crippen molar-refractivity contribution >= 4 is 0 Å². The Morgan fingerprint density at radius 1 is 1.24 bits per heavy atom. The second kappa shape index (κ2) is 5.68. The first-order valence-electron chi connectivity index (χ1n) is 6.74. The van der Waals surface area contributed by atoms with Gasteiger partial charge in [0, 0.05) is 25.7 Å². The predicted octanol–water partition coefficient (Wildman–Crippen LogP) is 2.12. The fourth-order valence-electron chi connectivity index (χ4n) is 2.28. The molecule has 1 aliphatic rings. The Morgan fingerprint density at radius 2 is 1.88 bits per heavy atom. The van der Waals surface area contributed by atoms with Crippen LogP contribution in [0, 0.1) is 5.92 Å². The van der Waals surface area contributed by atoms with Crippen LogP contribution in [0.15, 0.2) is 0 Å². The molecule has 1 N–H and O–H groups in total. The van der Waals surface area contributed by atoms with Gasteiger partial charge in [0.1, 0.15) is 0 Å². The number of rotatable bonds is 5. The molecule has 0 spiro atoms. The van der Waals surface area contributed by atoms with Gasteiger partial charge in [0.05, 0.1) is 5.60 Å². The molecule has 1 rings (SSSR count). The number of methoxy groups -OCH3 is 1. The number of hydrogen-bond donors (Lipinski definition) is 1. The zero-order valence-electron chi connectivity index (χ0n) is 12.5. The fourth-order valence-corrected chi connectivity index (χ4v) is 2.28. The van der Waals surface area contributed by atoms with Crippen LogP contribution in [0.1, 0.15) is 41.0 Å². The van der Waals surface area contributed by atoms with Crippen LogP contribution in [0.25, 0.3) is 0 Å². The van der Waals surface area contributed by atoms with E-state index in [2.05, 4.69) is 44.8 Å². The van der Waals surface area contributed by atoms with Gasteiger partial charge in [0.2, 0.25) is 0 Å². The molecule has 0 aromatic carbocycles. The molecular weight excluding hydrogens is 212 g/mol. The number of likely N-dealkylation sites (tertiary alicyclic amines) is 1. The average molecular weight is 242 g/mol. The minimum absolute atomic E-state index is 0.0215. The highest BCUT2D eigenvalue weighted by molar-refractivity contribution is 4.84. The summed E-state index contributed by atoms with van der Waals surface area (Å²) < 4.78 is 5.49. The molecule has 3 nitrogen and oxygen atoms in total. The number of ether oxygens (including phenoxy) is 1. The van der Waals surface area contributed by atoms with Gasteiger partial charge >= 0.3 is 0 Å². The van der Waals surface area contributed by atoms with E-state index in [0.29, 0.717) is 0 Å². The van der Waals surface area contributed by atoms with Crippen LogP contribution in [0.5, 0.6) is 0 Å². The second-order valence-corrected chi connectivity index (χ2v) is 6.98. The average Bonchev–Trinajstić information content (AvgIpc) is 2.61. The summed E-state index contributed by atoms with van der Waals surface area (Å²) in [6, 6.07) is 0. The Hall–Kier alpha value is -0.120. The summed E-state index contributed by atoms with van der Waals surface area (Å²) in [5, 5.41) is 3.60. The van der Waals surface area contributed by atoms with Crippen molar-refractivity contribution in [1.29, 1.82) is 0 Å².